The third-order valence-corrected chi connectivity index (χ3v) is 2.94. The number of rotatable bonds is 10. The smallest absolute Gasteiger partial charge is 0.188 e. The Morgan fingerprint density at radius 1 is 1.32 bits per heavy atom. The van der Waals surface area contributed by atoms with E-state index in [1.807, 2.05) is 31.2 Å². The second-order valence-electron chi connectivity index (χ2n) is 5.49. The summed E-state index contributed by atoms with van der Waals surface area (Å²) in [6.07, 6.45) is 0.915. The van der Waals surface area contributed by atoms with Crippen molar-refractivity contribution in [1.29, 1.82) is 0 Å². The van der Waals surface area contributed by atoms with Crippen molar-refractivity contribution in [2.24, 2.45) is 16.6 Å². The Hall–Kier alpha value is -1.75. The molecule has 1 aromatic carbocycles. The maximum absolute atomic E-state index is 5.87. The van der Waals surface area contributed by atoms with Gasteiger partial charge in [0.1, 0.15) is 5.75 Å². The van der Waals surface area contributed by atoms with Crippen LogP contribution in [-0.4, -0.2) is 32.3 Å². The van der Waals surface area contributed by atoms with Gasteiger partial charge in [0.05, 0.1) is 13.2 Å². The van der Waals surface area contributed by atoms with Crippen LogP contribution >= 0.6 is 0 Å². The van der Waals surface area contributed by atoms with Crippen LogP contribution in [0, 0.1) is 5.92 Å². The van der Waals surface area contributed by atoms with Gasteiger partial charge in [0, 0.05) is 25.3 Å². The van der Waals surface area contributed by atoms with E-state index in [0.29, 0.717) is 25.0 Å². The van der Waals surface area contributed by atoms with Crippen LogP contribution in [0.2, 0.25) is 0 Å². The number of nitrogens with two attached hydrogens (primary N) is 1. The number of aliphatic imine (C=N–C) groups is 1. The van der Waals surface area contributed by atoms with Crippen LogP contribution in [0.3, 0.4) is 0 Å². The zero-order valence-electron chi connectivity index (χ0n) is 14.0. The molecule has 0 heterocycles. The molecule has 5 heteroatoms. The van der Waals surface area contributed by atoms with Crippen molar-refractivity contribution >= 4 is 5.96 Å². The summed E-state index contributed by atoms with van der Waals surface area (Å²) in [5.74, 6) is 1.83. The van der Waals surface area contributed by atoms with Gasteiger partial charge in [-0.1, -0.05) is 32.0 Å². The fourth-order valence-electron chi connectivity index (χ4n) is 1.79. The first-order valence-electron chi connectivity index (χ1n) is 7.95. The summed E-state index contributed by atoms with van der Waals surface area (Å²) in [5, 5.41) is 3.09. The molecule has 0 aliphatic rings. The first kappa shape index (κ1) is 18.3. The van der Waals surface area contributed by atoms with Gasteiger partial charge in [0.25, 0.3) is 0 Å². The van der Waals surface area contributed by atoms with Gasteiger partial charge in [0.2, 0.25) is 0 Å². The van der Waals surface area contributed by atoms with Crippen LogP contribution in [0.1, 0.15) is 32.8 Å². The Balaban J connectivity index is 2.43. The number of nitrogens with zero attached hydrogens (tertiary/aromatic N) is 1. The van der Waals surface area contributed by atoms with E-state index in [4.69, 9.17) is 15.2 Å². The monoisotopic (exact) mass is 307 g/mol. The molecule has 1 aromatic rings. The minimum Gasteiger partial charge on any atom is -0.493 e. The third kappa shape index (κ3) is 7.88. The molecule has 0 amide bonds. The zero-order valence-corrected chi connectivity index (χ0v) is 14.0. The second kappa shape index (κ2) is 10.9. The fourth-order valence-corrected chi connectivity index (χ4v) is 1.79. The standard InChI is InChI=1S/C17H29N3O2/c1-4-21-11-7-10-19-17(18)20-12-15-8-5-6-9-16(15)22-13-14(2)3/h5-6,8-9,14H,4,7,10-13H2,1-3H3,(H3,18,19,20). The zero-order chi connectivity index (χ0) is 16.2. The predicted molar refractivity (Wildman–Crippen MR) is 91.2 cm³/mol. The molecule has 0 spiro atoms. The molecule has 0 bridgehead atoms. The Labute approximate surface area is 133 Å². The number of hydrogen-bond donors (Lipinski definition) is 2. The Morgan fingerprint density at radius 3 is 2.82 bits per heavy atom. The van der Waals surface area contributed by atoms with Crippen LogP contribution in [-0.2, 0) is 11.3 Å². The number of ether oxygens (including phenoxy) is 2. The van der Waals surface area contributed by atoms with Gasteiger partial charge in [-0.05, 0) is 25.3 Å². The Kier molecular flexibility index (Phi) is 9.07. The van der Waals surface area contributed by atoms with Gasteiger partial charge in [-0.15, -0.1) is 0 Å². The van der Waals surface area contributed by atoms with Crippen LogP contribution in [0.4, 0.5) is 0 Å². The summed E-state index contributed by atoms with van der Waals surface area (Å²) in [6, 6.07) is 7.94. The summed E-state index contributed by atoms with van der Waals surface area (Å²) in [6.45, 7) is 9.71. The molecular formula is C17H29N3O2. The normalized spacial score (nSPS) is 11.7. The molecule has 0 saturated heterocycles. The third-order valence-electron chi connectivity index (χ3n) is 2.94. The van der Waals surface area contributed by atoms with Crippen LogP contribution in [0.15, 0.2) is 29.3 Å². The SMILES string of the molecule is CCOCCCNC(N)=NCc1ccccc1OCC(C)C. The number of benzene rings is 1. The molecule has 0 radical (unpaired) electrons. The van der Waals surface area contributed by atoms with Gasteiger partial charge in [-0.3, -0.25) is 0 Å². The summed E-state index contributed by atoms with van der Waals surface area (Å²) >= 11 is 0. The molecule has 0 saturated carbocycles. The minimum atomic E-state index is 0.454. The van der Waals surface area contributed by atoms with Crippen molar-refractivity contribution in [2.75, 3.05) is 26.4 Å². The summed E-state index contributed by atoms with van der Waals surface area (Å²) in [5.41, 5.74) is 6.91. The van der Waals surface area contributed by atoms with E-state index < -0.39 is 0 Å². The molecule has 0 aromatic heterocycles. The van der Waals surface area contributed by atoms with Crippen molar-refractivity contribution in [3.8, 4) is 5.75 Å². The maximum atomic E-state index is 5.87. The van der Waals surface area contributed by atoms with E-state index in [1.54, 1.807) is 0 Å². The Bertz CT molecular complexity index is 447. The highest BCUT2D eigenvalue weighted by molar-refractivity contribution is 5.77. The molecule has 0 aliphatic carbocycles. The van der Waals surface area contributed by atoms with E-state index in [-0.39, 0.29) is 0 Å². The lowest BCUT2D eigenvalue weighted by atomic mass is 10.2. The fraction of sp³-hybridized carbons (Fsp3) is 0.588. The maximum Gasteiger partial charge on any atom is 0.188 e. The first-order valence-corrected chi connectivity index (χ1v) is 7.95. The first-order chi connectivity index (χ1) is 10.6. The number of hydrogen-bond acceptors (Lipinski definition) is 3. The molecule has 5 nitrogen and oxygen atoms in total. The molecule has 0 atom stereocenters. The molecule has 22 heavy (non-hydrogen) atoms. The molecule has 1 rings (SSSR count). The lowest BCUT2D eigenvalue weighted by molar-refractivity contribution is 0.145. The van der Waals surface area contributed by atoms with Gasteiger partial charge < -0.3 is 20.5 Å². The predicted octanol–water partition coefficient (Wildman–Crippen LogP) is 2.55. The van der Waals surface area contributed by atoms with Gasteiger partial charge in [-0.2, -0.15) is 0 Å². The highest BCUT2D eigenvalue weighted by atomic mass is 16.5. The largest absolute Gasteiger partial charge is 0.493 e. The van der Waals surface area contributed by atoms with E-state index in [2.05, 4.69) is 24.2 Å². The average molecular weight is 307 g/mol. The van der Waals surface area contributed by atoms with E-state index in [0.717, 1.165) is 37.5 Å². The molecule has 0 aliphatic heterocycles. The summed E-state index contributed by atoms with van der Waals surface area (Å²) in [4.78, 5) is 4.36. The molecule has 3 N–H and O–H groups in total. The summed E-state index contributed by atoms with van der Waals surface area (Å²) in [7, 11) is 0. The minimum absolute atomic E-state index is 0.454. The van der Waals surface area contributed by atoms with Crippen LogP contribution in [0.5, 0.6) is 5.75 Å². The molecule has 0 fully saturated rings. The second-order valence-corrected chi connectivity index (χ2v) is 5.49. The van der Waals surface area contributed by atoms with Crippen molar-refractivity contribution < 1.29 is 9.47 Å². The topological polar surface area (TPSA) is 68.9 Å². The number of guanidine groups is 1. The van der Waals surface area contributed by atoms with E-state index >= 15 is 0 Å². The quantitative estimate of drug-likeness (QED) is 0.396. The van der Waals surface area contributed by atoms with Gasteiger partial charge >= 0.3 is 0 Å². The van der Waals surface area contributed by atoms with Gasteiger partial charge in [-0.25, -0.2) is 4.99 Å². The van der Waals surface area contributed by atoms with Crippen molar-refractivity contribution in [1.82, 2.24) is 5.32 Å². The van der Waals surface area contributed by atoms with Crippen molar-refractivity contribution in [2.45, 2.75) is 33.7 Å². The Morgan fingerprint density at radius 2 is 2.09 bits per heavy atom. The molecule has 0 unspecified atom stereocenters. The summed E-state index contributed by atoms with van der Waals surface area (Å²) < 4.78 is 11.1. The van der Waals surface area contributed by atoms with E-state index in [1.165, 1.54) is 0 Å². The molecule has 124 valence electrons. The lowest BCUT2D eigenvalue weighted by Crippen LogP contribution is -2.32. The number of para-hydroxylation sites is 1. The lowest BCUT2D eigenvalue weighted by Gasteiger charge is -2.12. The van der Waals surface area contributed by atoms with Crippen LogP contribution < -0.4 is 15.8 Å². The average Bonchev–Trinajstić information content (AvgIpc) is 2.51. The van der Waals surface area contributed by atoms with Gasteiger partial charge in [0.15, 0.2) is 5.96 Å². The van der Waals surface area contributed by atoms with Crippen molar-refractivity contribution in [3.63, 3.8) is 0 Å². The highest BCUT2D eigenvalue weighted by Gasteiger charge is 2.04. The van der Waals surface area contributed by atoms with Crippen molar-refractivity contribution in [3.05, 3.63) is 29.8 Å². The highest BCUT2D eigenvalue weighted by Crippen LogP contribution is 2.19. The van der Waals surface area contributed by atoms with E-state index in [9.17, 15) is 0 Å². The molecular weight excluding hydrogens is 278 g/mol. The van der Waals surface area contributed by atoms with Crippen LogP contribution in [0.25, 0.3) is 0 Å². The number of nitrogens with one attached hydrogen (secondary N) is 1.